The minimum absolute atomic E-state index is 0.0221. The summed E-state index contributed by atoms with van der Waals surface area (Å²) in [5.74, 6) is -2.17. The Labute approximate surface area is 208 Å². The van der Waals surface area contributed by atoms with Crippen LogP contribution < -0.4 is 16.3 Å². The Kier molecular flexibility index (Phi) is 7.05. The van der Waals surface area contributed by atoms with E-state index in [-0.39, 0.29) is 33.2 Å². The molecule has 2 amide bonds. The van der Waals surface area contributed by atoms with E-state index in [2.05, 4.69) is 10.9 Å². The number of hydrazine groups is 1. The van der Waals surface area contributed by atoms with Gasteiger partial charge in [0, 0.05) is 28.8 Å². The number of nitro groups is 1. The molecule has 0 fully saturated rings. The van der Waals surface area contributed by atoms with Gasteiger partial charge in [-0.15, -0.1) is 0 Å². The van der Waals surface area contributed by atoms with Crippen molar-refractivity contribution in [2.24, 2.45) is 0 Å². The number of carbonyl (C=O) groups is 3. The Balaban J connectivity index is 1.45. The fraction of sp³-hybridized carbons (Fsp3) is 0.0769. The summed E-state index contributed by atoms with van der Waals surface area (Å²) < 4.78 is 11.0. The van der Waals surface area contributed by atoms with Crippen LogP contribution in [0.5, 0.6) is 0 Å². The molecule has 4 aromatic rings. The van der Waals surface area contributed by atoms with Crippen LogP contribution in [-0.2, 0) is 9.53 Å². The van der Waals surface area contributed by atoms with E-state index >= 15 is 0 Å². The van der Waals surface area contributed by atoms with Gasteiger partial charge in [0.05, 0.1) is 10.3 Å². The molecular weight excluding hydrogens is 482 g/mol. The fourth-order valence-corrected chi connectivity index (χ4v) is 3.51. The first-order chi connectivity index (χ1) is 17.8. The molecule has 186 valence electrons. The number of rotatable bonds is 6. The maximum Gasteiger partial charge on any atom is 0.342 e. The predicted molar refractivity (Wildman–Crippen MR) is 132 cm³/mol. The summed E-state index contributed by atoms with van der Waals surface area (Å²) >= 11 is 0. The molecule has 0 saturated carbocycles. The summed E-state index contributed by atoms with van der Waals surface area (Å²) in [5.41, 5.74) is 4.79. The largest absolute Gasteiger partial charge is 0.455 e. The summed E-state index contributed by atoms with van der Waals surface area (Å²) in [5, 5.41) is 10.9. The Morgan fingerprint density at radius 2 is 1.65 bits per heavy atom. The standard InChI is InChI=1S/C26H19N3O8/c1-15-22(31)19-8-5-9-20(24(19)37-23(15)16-6-3-2-4-7-16)26(33)36-14-21(30)27-28-25(32)17-10-12-18(13-11-17)29(34)35/h2-13H,14H2,1H3,(H,27,30)(H,28,32). The molecule has 11 nitrogen and oxygen atoms in total. The third-order valence-electron chi connectivity index (χ3n) is 5.39. The number of fused-ring (bicyclic) bond motifs is 1. The maximum absolute atomic E-state index is 12.9. The van der Waals surface area contributed by atoms with Gasteiger partial charge in [-0.3, -0.25) is 35.3 Å². The fourth-order valence-electron chi connectivity index (χ4n) is 3.51. The summed E-state index contributed by atoms with van der Waals surface area (Å²) in [7, 11) is 0. The average molecular weight is 501 g/mol. The number of nitrogens with zero attached hydrogens (tertiary/aromatic N) is 1. The zero-order valence-corrected chi connectivity index (χ0v) is 19.3. The monoisotopic (exact) mass is 501 g/mol. The topological polar surface area (TPSA) is 158 Å². The van der Waals surface area contributed by atoms with E-state index in [0.29, 0.717) is 16.9 Å². The SMILES string of the molecule is Cc1c(-c2ccccc2)oc2c(C(=O)OCC(=O)NNC(=O)c3ccc([N+](=O)[O-])cc3)cccc2c1=O. The summed E-state index contributed by atoms with van der Waals surface area (Å²) in [4.78, 5) is 60.0. The highest BCUT2D eigenvalue weighted by atomic mass is 16.6. The van der Waals surface area contributed by atoms with Gasteiger partial charge in [0.25, 0.3) is 17.5 Å². The van der Waals surface area contributed by atoms with Crippen LogP contribution in [0.15, 0.2) is 82.0 Å². The number of amides is 2. The van der Waals surface area contributed by atoms with Crippen LogP contribution in [0.2, 0.25) is 0 Å². The van der Waals surface area contributed by atoms with E-state index in [0.717, 1.165) is 12.1 Å². The molecule has 1 aromatic heterocycles. The van der Waals surface area contributed by atoms with Gasteiger partial charge in [-0.1, -0.05) is 36.4 Å². The molecule has 2 N–H and O–H groups in total. The highest BCUT2D eigenvalue weighted by Crippen LogP contribution is 2.27. The van der Waals surface area contributed by atoms with Gasteiger partial charge in [-0.2, -0.15) is 0 Å². The van der Waals surface area contributed by atoms with Gasteiger partial charge in [-0.05, 0) is 31.2 Å². The van der Waals surface area contributed by atoms with Crippen LogP contribution in [0.3, 0.4) is 0 Å². The molecule has 0 aliphatic heterocycles. The van der Waals surface area contributed by atoms with E-state index in [1.807, 2.05) is 6.07 Å². The normalized spacial score (nSPS) is 10.5. The molecule has 37 heavy (non-hydrogen) atoms. The van der Waals surface area contributed by atoms with Gasteiger partial charge in [0.2, 0.25) is 0 Å². The molecule has 0 unspecified atom stereocenters. The Morgan fingerprint density at radius 1 is 0.946 bits per heavy atom. The van der Waals surface area contributed by atoms with Crippen molar-refractivity contribution >= 4 is 34.4 Å². The van der Waals surface area contributed by atoms with Gasteiger partial charge in [0.1, 0.15) is 11.3 Å². The molecule has 0 spiro atoms. The highest BCUT2D eigenvalue weighted by Gasteiger charge is 2.20. The third-order valence-corrected chi connectivity index (χ3v) is 5.39. The number of hydrogen-bond acceptors (Lipinski definition) is 8. The molecule has 0 aliphatic carbocycles. The van der Waals surface area contributed by atoms with Crippen LogP contribution in [0, 0.1) is 17.0 Å². The zero-order valence-electron chi connectivity index (χ0n) is 19.3. The minimum atomic E-state index is -0.909. The smallest absolute Gasteiger partial charge is 0.342 e. The molecule has 4 rings (SSSR count). The lowest BCUT2D eigenvalue weighted by Crippen LogP contribution is -2.43. The second kappa shape index (κ2) is 10.5. The van der Waals surface area contributed by atoms with E-state index in [9.17, 15) is 29.3 Å². The molecule has 3 aromatic carbocycles. The van der Waals surface area contributed by atoms with Crippen molar-refractivity contribution < 1.29 is 28.5 Å². The quantitative estimate of drug-likeness (QED) is 0.231. The Bertz CT molecular complexity index is 1580. The van der Waals surface area contributed by atoms with Gasteiger partial charge in [0.15, 0.2) is 17.6 Å². The lowest BCUT2D eigenvalue weighted by atomic mass is 10.0. The molecule has 1 heterocycles. The summed E-state index contributed by atoms with van der Waals surface area (Å²) in [6.45, 7) is 0.894. The minimum Gasteiger partial charge on any atom is -0.455 e. The summed E-state index contributed by atoms with van der Waals surface area (Å²) in [6.07, 6.45) is 0. The van der Waals surface area contributed by atoms with Crippen molar-refractivity contribution in [3.63, 3.8) is 0 Å². The molecular formula is C26H19N3O8. The van der Waals surface area contributed by atoms with Crippen molar-refractivity contribution in [2.75, 3.05) is 6.61 Å². The molecule has 0 radical (unpaired) electrons. The van der Waals surface area contributed by atoms with Crippen molar-refractivity contribution in [3.05, 3.63) is 110 Å². The second-order valence-corrected chi connectivity index (χ2v) is 7.82. The van der Waals surface area contributed by atoms with Crippen LogP contribution in [0.1, 0.15) is 26.3 Å². The number of ether oxygens (including phenoxy) is 1. The van der Waals surface area contributed by atoms with Gasteiger partial charge >= 0.3 is 5.97 Å². The van der Waals surface area contributed by atoms with E-state index < -0.39 is 29.3 Å². The lowest BCUT2D eigenvalue weighted by molar-refractivity contribution is -0.384. The maximum atomic E-state index is 12.9. The summed E-state index contributed by atoms with van der Waals surface area (Å²) in [6, 6.07) is 18.1. The van der Waals surface area contributed by atoms with Gasteiger partial charge in [-0.25, -0.2) is 4.79 Å². The molecule has 11 heteroatoms. The number of hydrogen-bond donors (Lipinski definition) is 2. The van der Waals surface area contributed by atoms with Crippen LogP contribution in [0.25, 0.3) is 22.3 Å². The highest BCUT2D eigenvalue weighted by molar-refractivity contribution is 6.03. The molecule has 0 saturated heterocycles. The van der Waals surface area contributed by atoms with Gasteiger partial charge < -0.3 is 9.15 Å². The number of non-ortho nitro benzene ring substituents is 1. The molecule has 0 bridgehead atoms. The van der Waals surface area contributed by atoms with Crippen molar-refractivity contribution in [1.82, 2.24) is 10.9 Å². The van der Waals surface area contributed by atoms with Crippen molar-refractivity contribution in [3.8, 4) is 11.3 Å². The number of benzene rings is 3. The first-order valence-electron chi connectivity index (χ1n) is 10.9. The average Bonchev–Trinajstić information content (AvgIpc) is 2.92. The van der Waals surface area contributed by atoms with Crippen LogP contribution >= 0.6 is 0 Å². The number of nitrogens with one attached hydrogen (secondary N) is 2. The first kappa shape index (κ1) is 24.8. The Hall–Kier alpha value is -5.32. The van der Waals surface area contributed by atoms with E-state index in [4.69, 9.17) is 9.15 Å². The van der Waals surface area contributed by atoms with Crippen LogP contribution in [-0.4, -0.2) is 29.3 Å². The lowest BCUT2D eigenvalue weighted by Gasteiger charge is -2.11. The predicted octanol–water partition coefficient (Wildman–Crippen LogP) is 3.29. The van der Waals surface area contributed by atoms with E-state index in [1.165, 1.54) is 30.3 Å². The number of esters is 1. The van der Waals surface area contributed by atoms with Crippen molar-refractivity contribution in [2.45, 2.75) is 6.92 Å². The van der Waals surface area contributed by atoms with E-state index in [1.54, 1.807) is 31.2 Å². The first-order valence-corrected chi connectivity index (χ1v) is 10.9. The Morgan fingerprint density at radius 3 is 2.32 bits per heavy atom. The number of carbonyl (C=O) groups excluding carboxylic acids is 3. The van der Waals surface area contributed by atoms with Crippen LogP contribution in [0.4, 0.5) is 5.69 Å². The third kappa shape index (κ3) is 5.35. The molecule has 0 atom stereocenters. The van der Waals surface area contributed by atoms with Crippen molar-refractivity contribution in [1.29, 1.82) is 0 Å². The number of para-hydroxylation sites is 1. The molecule has 0 aliphatic rings. The second-order valence-electron chi connectivity index (χ2n) is 7.82. The zero-order chi connectivity index (χ0) is 26.5. The number of nitro benzene ring substituents is 1.